The van der Waals surface area contributed by atoms with Crippen LogP contribution < -0.4 is 10.6 Å². The summed E-state index contributed by atoms with van der Waals surface area (Å²) in [6.07, 6.45) is 1.57. The summed E-state index contributed by atoms with van der Waals surface area (Å²) in [5.41, 5.74) is 1.23. The SMILES string of the molecule is Fc1ccc(CNc2ccnc(Nc3ccccc3F)n2)cc1. The van der Waals surface area contributed by atoms with Crippen molar-refractivity contribution in [3.8, 4) is 0 Å². The Kier molecular flexibility index (Phi) is 4.42. The topological polar surface area (TPSA) is 49.8 Å². The maximum absolute atomic E-state index is 13.6. The van der Waals surface area contributed by atoms with Crippen LogP contribution in [0, 0.1) is 11.6 Å². The van der Waals surface area contributed by atoms with E-state index in [9.17, 15) is 8.78 Å². The molecule has 1 heterocycles. The van der Waals surface area contributed by atoms with Crippen molar-refractivity contribution in [1.29, 1.82) is 0 Å². The lowest BCUT2D eigenvalue weighted by Crippen LogP contribution is -2.04. The number of halogens is 2. The summed E-state index contributed by atoms with van der Waals surface area (Å²) in [5, 5.41) is 5.95. The van der Waals surface area contributed by atoms with Crippen molar-refractivity contribution in [3.05, 3.63) is 78.0 Å². The van der Waals surface area contributed by atoms with Gasteiger partial charge in [0.1, 0.15) is 17.5 Å². The van der Waals surface area contributed by atoms with Gasteiger partial charge in [-0.3, -0.25) is 0 Å². The van der Waals surface area contributed by atoms with Crippen LogP contribution in [0.25, 0.3) is 0 Å². The maximum Gasteiger partial charge on any atom is 0.229 e. The number of para-hydroxylation sites is 1. The molecule has 0 amide bonds. The Bertz CT molecular complexity index is 791. The van der Waals surface area contributed by atoms with Gasteiger partial charge >= 0.3 is 0 Å². The van der Waals surface area contributed by atoms with Crippen molar-refractivity contribution < 1.29 is 8.78 Å². The van der Waals surface area contributed by atoms with Crippen molar-refractivity contribution in [3.63, 3.8) is 0 Å². The molecule has 3 rings (SSSR count). The van der Waals surface area contributed by atoms with Crippen LogP contribution in [0.5, 0.6) is 0 Å². The highest BCUT2D eigenvalue weighted by Crippen LogP contribution is 2.17. The predicted molar refractivity (Wildman–Crippen MR) is 85.4 cm³/mol. The van der Waals surface area contributed by atoms with Gasteiger partial charge in [-0.25, -0.2) is 13.8 Å². The molecule has 2 aromatic carbocycles. The number of hydrogen-bond acceptors (Lipinski definition) is 4. The van der Waals surface area contributed by atoms with Crippen LogP contribution in [0.2, 0.25) is 0 Å². The molecule has 3 aromatic rings. The van der Waals surface area contributed by atoms with Crippen LogP contribution in [0.3, 0.4) is 0 Å². The average Bonchev–Trinajstić information content (AvgIpc) is 2.57. The van der Waals surface area contributed by atoms with Gasteiger partial charge in [0.15, 0.2) is 0 Å². The van der Waals surface area contributed by atoms with E-state index in [0.717, 1.165) is 5.56 Å². The highest BCUT2D eigenvalue weighted by atomic mass is 19.1. The third-order valence-corrected chi connectivity index (χ3v) is 3.16. The van der Waals surface area contributed by atoms with E-state index in [2.05, 4.69) is 20.6 Å². The zero-order chi connectivity index (χ0) is 16.1. The molecule has 23 heavy (non-hydrogen) atoms. The smallest absolute Gasteiger partial charge is 0.229 e. The molecule has 0 bridgehead atoms. The van der Waals surface area contributed by atoms with Gasteiger partial charge in [0.25, 0.3) is 0 Å². The number of nitrogens with one attached hydrogen (secondary N) is 2. The van der Waals surface area contributed by atoms with Crippen molar-refractivity contribution in [2.24, 2.45) is 0 Å². The standard InChI is InChI=1S/C17H14F2N4/c18-13-7-5-12(6-8-13)11-21-16-9-10-20-17(23-16)22-15-4-2-1-3-14(15)19/h1-10H,11H2,(H2,20,21,22,23). The Hall–Kier alpha value is -3.02. The molecule has 2 N–H and O–H groups in total. The van der Waals surface area contributed by atoms with Gasteiger partial charge in [-0.15, -0.1) is 0 Å². The van der Waals surface area contributed by atoms with Gasteiger partial charge in [0.2, 0.25) is 5.95 Å². The highest BCUT2D eigenvalue weighted by molar-refractivity contribution is 5.55. The van der Waals surface area contributed by atoms with Crippen LogP contribution in [-0.2, 0) is 6.54 Å². The Morgan fingerprint density at radius 1 is 0.913 bits per heavy atom. The van der Waals surface area contributed by atoms with Crippen LogP contribution in [0.4, 0.5) is 26.2 Å². The first kappa shape index (κ1) is 14.9. The lowest BCUT2D eigenvalue weighted by atomic mass is 10.2. The summed E-state index contributed by atoms with van der Waals surface area (Å²) in [5.74, 6) is 0.232. The Morgan fingerprint density at radius 3 is 2.48 bits per heavy atom. The lowest BCUT2D eigenvalue weighted by molar-refractivity contribution is 0.627. The molecular formula is C17H14F2N4. The normalized spacial score (nSPS) is 10.3. The largest absolute Gasteiger partial charge is 0.366 e. The third kappa shape index (κ3) is 4.00. The van der Waals surface area contributed by atoms with E-state index in [1.807, 2.05) is 0 Å². The van der Waals surface area contributed by atoms with Crippen LogP contribution in [0.1, 0.15) is 5.56 Å². The minimum Gasteiger partial charge on any atom is -0.366 e. The second kappa shape index (κ2) is 6.83. The Morgan fingerprint density at radius 2 is 1.70 bits per heavy atom. The van der Waals surface area contributed by atoms with E-state index in [1.165, 1.54) is 18.2 Å². The number of hydrogen-bond donors (Lipinski definition) is 2. The zero-order valence-corrected chi connectivity index (χ0v) is 12.1. The molecule has 0 saturated carbocycles. The van der Waals surface area contributed by atoms with E-state index >= 15 is 0 Å². The summed E-state index contributed by atoms with van der Waals surface area (Å²) in [4.78, 5) is 8.33. The van der Waals surface area contributed by atoms with E-state index in [0.29, 0.717) is 24.0 Å². The molecule has 4 nitrogen and oxygen atoms in total. The monoisotopic (exact) mass is 312 g/mol. The number of nitrogens with zero attached hydrogens (tertiary/aromatic N) is 2. The summed E-state index contributed by atoms with van der Waals surface area (Å²) in [6, 6.07) is 14.2. The van der Waals surface area contributed by atoms with Crippen molar-refractivity contribution in [2.45, 2.75) is 6.54 Å². The molecular weight excluding hydrogens is 298 g/mol. The third-order valence-electron chi connectivity index (χ3n) is 3.16. The fourth-order valence-corrected chi connectivity index (χ4v) is 2.00. The first-order valence-corrected chi connectivity index (χ1v) is 7.03. The predicted octanol–water partition coefficient (Wildman–Crippen LogP) is 4.11. The molecule has 0 saturated heterocycles. The fraction of sp³-hybridized carbons (Fsp3) is 0.0588. The summed E-state index contributed by atoms with van der Waals surface area (Å²) < 4.78 is 26.5. The molecule has 0 aliphatic heterocycles. The van der Waals surface area contributed by atoms with Crippen molar-refractivity contribution in [2.75, 3.05) is 10.6 Å². The van der Waals surface area contributed by atoms with Crippen LogP contribution >= 0.6 is 0 Å². The van der Waals surface area contributed by atoms with Crippen LogP contribution in [0.15, 0.2) is 60.8 Å². The summed E-state index contributed by atoms with van der Waals surface area (Å²) in [6.45, 7) is 0.496. The van der Waals surface area contributed by atoms with Crippen molar-refractivity contribution >= 4 is 17.5 Å². The van der Waals surface area contributed by atoms with Gasteiger partial charge in [0.05, 0.1) is 5.69 Å². The van der Waals surface area contributed by atoms with Crippen LogP contribution in [-0.4, -0.2) is 9.97 Å². The molecule has 1 aromatic heterocycles. The summed E-state index contributed by atoms with van der Waals surface area (Å²) >= 11 is 0. The number of aromatic nitrogens is 2. The van der Waals surface area contributed by atoms with Gasteiger partial charge in [-0.05, 0) is 35.9 Å². The quantitative estimate of drug-likeness (QED) is 0.744. The molecule has 0 spiro atoms. The Balaban J connectivity index is 1.67. The average molecular weight is 312 g/mol. The second-order valence-electron chi connectivity index (χ2n) is 4.85. The molecule has 0 atom stereocenters. The highest BCUT2D eigenvalue weighted by Gasteiger charge is 2.04. The van der Waals surface area contributed by atoms with E-state index in [4.69, 9.17) is 0 Å². The minimum absolute atomic E-state index is 0.271. The summed E-state index contributed by atoms with van der Waals surface area (Å²) in [7, 11) is 0. The lowest BCUT2D eigenvalue weighted by Gasteiger charge is -2.09. The minimum atomic E-state index is -0.374. The molecule has 0 aliphatic rings. The first-order chi connectivity index (χ1) is 11.2. The number of benzene rings is 2. The molecule has 6 heteroatoms. The molecule has 0 unspecified atom stereocenters. The van der Waals surface area contributed by atoms with Gasteiger partial charge in [0, 0.05) is 12.7 Å². The van der Waals surface area contributed by atoms with E-state index < -0.39 is 0 Å². The Labute approximate surface area is 132 Å². The van der Waals surface area contributed by atoms with E-state index in [1.54, 1.807) is 42.6 Å². The van der Waals surface area contributed by atoms with Gasteiger partial charge in [-0.2, -0.15) is 4.98 Å². The molecule has 0 fully saturated rings. The molecule has 0 radical (unpaired) electrons. The fourth-order valence-electron chi connectivity index (χ4n) is 2.00. The second-order valence-corrected chi connectivity index (χ2v) is 4.85. The first-order valence-electron chi connectivity index (χ1n) is 7.03. The molecule has 116 valence electrons. The van der Waals surface area contributed by atoms with E-state index in [-0.39, 0.29) is 11.6 Å². The van der Waals surface area contributed by atoms with Gasteiger partial charge in [-0.1, -0.05) is 24.3 Å². The van der Waals surface area contributed by atoms with Crippen molar-refractivity contribution in [1.82, 2.24) is 9.97 Å². The maximum atomic E-state index is 13.6. The van der Waals surface area contributed by atoms with Gasteiger partial charge < -0.3 is 10.6 Å². The zero-order valence-electron chi connectivity index (χ0n) is 12.1. The number of rotatable bonds is 5. The number of anilines is 3. The molecule has 0 aliphatic carbocycles.